The molecule has 1 saturated heterocycles. The van der Waals surface area contributed by atoms with Gasteiger partial charge < -0.3 is 23.7 Å². The fourth-order valence-corrected chi connectivity index (χ4v) is 3.61. The SMILES string of the molecule is COc1c(OCCCN2CCOCC2)cc(O)c2c(=O)cc(-c3ccccc3)oc12. The van der Waals surface area contributed by atoms with Gasteiger partial charge in [0.15, 0.2) is 16.8 Å². The van der Waals surface area contributed by atoms with Crippen LogP contribution < -0.4 is 14.9 Å². The highest BCUT2D eigenvalue weighted by Gasteiger charge is 2.20. The van der Waals surface area contributed by atoms with Gasteiger partial charge in [-0.3, -0.25) is 9.69 Å². The number of benzene rings is 2. The van der Waals surface area contributed by atoms with Gasteiger partial charge in [-0.15, -0.1) is 0 Å². The molecule has 1 fully saturated rings. The quantitative estimate of drug-likeness (QED) is 0.598. The maximum Gasteiger partial charge on any atom is 0.205 e. The molecule has 2 aromatic carbocycles. The minimum atomic E-state index is -0.343. The summed E-state index contributed by atoms with van der Waals surface area (Å²) in [5, 5.41) is 10.5. The standard InChI is InChI=1S/C23H25NO6/c1-27-22-20(29-11-5-8-24-9-12-28-13-10-24)15-18(26)21-17(25)14-19(30-23(21)22)16-6-3-2-4-7-16/h2-4,6-7,14-15,26H,5,8-13H2,1H3. The normalized spacial score (nSPS) is 14.7. The Morgan fingerprint density at radius 1 is 1.13 bits per heavy atom. The number of rotatable bonds is 7. The summed E-state index contributed by atoms with van der Waals surface area (Å²) in [6.45, 7) is 4.72. The predicted molar refractivity (Wildman–Crippen MR) is 114 cm³/mol. The molecule has 7 nitrogen and oxygen atoms in total. The maximum absolute atomic E-state index is 12.7. The molecule has 4 rings (SSSR count). The van der Waals surface area contributed by atoms with Gasteiger partial charge in [-0.25, -0.2) is 0 Å². The Balaban J connectivity index is 1.61. The third-order valence-corrected chi connectivity index (χ3v) is 5.14. The number of fused-ring (bicyclic) bond motifs is 1. The number of phenolic OH excluding ortho intramolecular Hbond substituents is 1. The van der Waals surface area contributed by atoms with E-state index in [9.17, 15) is 9.90 Å². The van der Waals surface area contributed by atoms with Gasteiger partial charge in [0.05, 0.1) is 26.9 Å². The molecule has 0 aliphatic carbocycles. The highest BCUT2D eigenvalue weighted by atomic mass is 16.5. The van der Waals surface area contributed by atoms with E-state index in [1.807, 2.05) is 30.3 Å². The minimum absolute atomic E-state index is 0.0761. The van der Waals surface area contributed by atoms with Crippen molar-refractivity contribution in [2.75, 3.05) is 46.6 Å². The molecule has 1 aliphatic heterocycles. The lowest BCUT2D eigenvalue weighted by atomic mass is 10.1. The summed E-state index contributed by atoms with van der Waals surface area (Å²) in [6, 6.07) is 12.1. The van der Waals surface area contributed by atoms with Crippen molar-refractivity contribution < 1.29 is 23.7 Å². The Kier molecular flexibility index (Phi) is 6.21. The van der Waals surface area contributed by atoms with Crippen molar-refractivity contribution in [3.05, 3.63) is 52.7 Å². The van der Waals surface area contributed by atoms with Gasteiger partial charge >= 0.3 is 0 Å². The van der Waals surface area contributed by atoms with Gasteiger partial charge in [0.25, 0.3) is 0 Å². The van der Waals surface area contributed by atoms with E-state index in [1.54, 1.807) is 0 Å². The minimum Gasteiger partial charge on any atom is -0.507 e. The van der Waals surface area contributed by atoms with Gasteiger partial charge in [-0.1, -0.05) is 30.3 Å². The van der Waals surface area contributed by atoms with E-state index < -0.39 is 0 Å². The molecule has 7 heteroatoms. The molecule has 0 spiro atoms. The lowest BCUT2D eigenvalue weighted by Gasteiger charge is -2.26. The zero-order valence-corrected chi connectivity index (χ0v) is 16.9. The fourth-order valence-electron chi connectivity index (χ4n) is 3.61. The van der Waals surface area contributed by atoms with Crippen LogP contribution in [0, 0.1) is 0 Å². The Morgan fingerprint density at radius 3 is 2.63 bits per heavy atom. The molecule has 0 bridgehead atoms. The molecule has 0 saturated carbocycles. The van der Waals surface area contributed by atoms with Gasteiger partial charge in [0.1, 0.15) is 16.9 Å². The van der Waals surface area contributed by atoms with Gasteiger partial charge in [-0.05, 0) is 6.42 Å². The number of nitrogens with zero attached hydrogens (tertiary/aromatic N) is 1. The second-order valence-electron chi connectivity index (χ2n) is 7.13. The topological polar surface area (TPSA) is 81.4 Å². The molecular weight excluding hydrogens is 386 g/mol. The first kappa shape index (κ1) is 20.3. The third-order valence-electron chi connectivity index (χ3n) is 5.14. The van der Waals surface area contributed by atoms with Crippen LogP contribution in [0.25, 0.3) is 22.3 Å². The molecule has 158 valence electrons. The molecular formula is C23H25NO6. The smallest absolute Gasteiger partial charge is 0.205 e. The van der Waals surface area contributed by atoms with Crippen LogP contribution in [0.2, 0.25) is 0 Å². The molecule has 1 N–H and O–H groups in total. The number of morpholine rings is 1. The number of methoxy groups -OCH3 is 1. The van der Waals surface area contributed by atoms with Crippen LogP contribution in [0.5, 0.6) is 17.2 Å². The van der Waals surface area contributed by atoms with Crippen molar-refractivity contribution in [2.45, 2.75) is 6.42 Å². The number of ether oxygens (including phenoxy) is 3. The van der Waals surface area contributed by atoms with E-state index in [1.165, 1.54) is 19.2 Å². The second-order valence-corrected chi connectivity index (χ2v) is 7.13. The van der Waals surface area contributed by atoms with Crippen molar-refractivity contribution in [3.8, 4) is 28.6 Å². The van der Waals surface area contributed by atoms with Gasteiger partial charge in [-0.2, -0.15) is 0 Å². The first-order valence-electron chi connectivity index (χ1n) is 10.0. The van der Waals surface area contributed by atoms with Crippen LogP contribution in [0.15, 0.2) is 51.7 Å². The van der Waals surface area contributed by atoms with Crippen LogP contribution in [0.4, 0.5) is 0 Å². The maximum atomic E-state index is 12.7. The molecule has 0 radical (unpaired) electrons. The second kappa shape index (κ2) is 9.19. The summed E-state index contributed by atoms with van der Waals surface area (Å²) < 4.78 is 22.7. The average molecular weight is 411 g/mol. The predicted octanol–water partition coefficient (Wildman–Crippen LogP) is 3.28. The fraction of sp³-hybridized carbons (Fsp3) is 0.348. The molecule has 2 heterocycles. The van der Waals surface area contributed by atoms with E-state index in [4.69, 9.17) is 18.6 Å². The van der Waals surface area contributed by atoms with E-state index in [-0.39, 0.29) is 22.1 Å². The molecule has 1 aliphatic rings. The summed E-state index contributed by atoms with van der Waals surface area (Å²) in [6.07, 6.45) is 0.815. The lowest BCUT2D eigenvalue weighted by Crippen LogP contribution is -2.37. The highest BCUT2D eigenvalue weighted by molar-refractivity contribution is 5.91. The number of aromatic hydroxyl groups is 1. The zero-order valence-electron chi connectivity index (χ0n) is 16.9. The zero-order chi connectivity index (χ0) is 20.9. The van der Waals surface area contributed by atoms with Crippen molar-refractivity contribution in [3.63, 3.8) is 0 Å². The number of phenols is 1. The third kappa shape index (κ3) is 4.27. The van der Waals surface area contributed by atoms with E-state index in [2.05, 4.69) is 4.90 Å². The Bertz CT molecular complexity index is 1060. The van der Waals surface area contributed by atoms with Crippen LogP contribution >= 0.6 is 0 Å². The van der Waals surface area contributed by atoms with Crippen molar-refractivity contribution in [1.29, 1.82) is 0 Å². The molecule has 30 heavy (non-hydrogen) atoms. The van der Waals surface area contributed by atoms with Gasteiger partial charge in [0, 0.05) is 37.3 Å². The largest absolute Gasteiger partial charge is 0.507 e. The number of hydrogen-bond acceptors (Lipinski definition) is 7. The van der Waals surface area contributed by atoms with E-state index in [0.717, 1.165) is 44.8 Å². The number of hydrogen-bond donors (Lipinski definition) is 1. The monoisotopic (exact) mass is 411 g/mol. The van der Waals surface area contributed by atoms with Crippen LogP contribution in [0.1, 0.15) is 6.42 Å². The lowest BCUT2D eigenvalue weighted by molar-refractivity contribution is 0.0357. The van der Waals surface area contributed by atoms with E-state index >= 15 is 0 Å². The molecule has 0 atom stereocenters. The summed E-state index contributed by atoms with van der Waals surface area (Å²) in [5.74, 6) is 0.847. The Morgan fingerprint density at radius 2 is 1.90 bits per heavy atom. The van der Waals surface area contributed by atoms with Crippen molar-refractivity contribution in [1.82, 2.24) is 4.90 Å². The van der Waals surface area contributed by atoms with Crippen molar-refractivity contribution in [2.24, 2.45) is 0 Å². The summed E-state index contributed by atoms with van der Waals surface area (Å²) in [4.78, 5) is 15.0. The molecule has 0 unspecified atom stereocenters. The summed E-state index contributed by atoms with van der Waals surface area (Å²) >= 11 is 0. The Hall–Kier alpha value is -3.03. The van der Waals surface area contributed by atoms with Crippen LogP contribution in [-0.4, -0.2) is 56.6 Å². The molecule has 0 amide bonds. The first-order valence-corrected chi connectivity index (χ1v) is 10.0. The Labute approximate surface area is 174 Å². The molecule has 1 aromatic heterocycles. The highest BCUT2D eigenvalue weighted by Crippen LogP contribution is 2.41. The van der Waals surface area contributed by atoms with Crippen LogP contribution in [0.3, 0.4) is 0 Å². The van der Waals surface area contributed by atoms with E-state index in [0.29, 0.717) is 23.9 Å². The first-order chi connectivity index (χ1) is 14.7. The average Bonchev–Trinajstić information content (AvgIpc) is 2.77. The van der Waals surface area contributed by atoms with Crippen molar-refractivity contribution >= 4 is 11.0 Å². The summed E-state index contributed by atoms with van der Waals surface area (Å²) in [7, 11) is 1.49. The molecule has 3 aromatic rings. The van der Waals surface area contributed by atoms with Crippen LogP contribution in [-0.2, 0) is 4.74 Å². The summed E-state index contributed by atoms with van der Waals surface area (Å²) in [5.41, 5.74) is 0.590. The van der Waals surface area contributed by atoms with Gasteiger partial charge in [0.2, 0.25) is 5.75 Å².